The zero-order valence-corrected chi connectivity index (χ0v) is 28.6. The molecule has 2 saturated heterocycles. The molecule has 6 aromatic rings. The Morgan fingerprint density at radius 2 is 1.10 bits per heavy atom. The normalized spacial score (nSPS) is 15.7. The van der Waals surface area contributed by atoms with Gasteiger partial charge in [-0.2, -0.15) is 0 Å². The number of piperazine rings is 1. The van der Waals surface area contributed by atoms with Gasteiger partial charge in [-0.3, -0.25) is 4.90 Å². The molecule has 0 saturated carbocycles. The Hall–Kier alpha value is -5.16. The monoisotopic (exact) mass is 679 g/mol. The SMILES string of the molecule is COc1ccc(-c2cn3ccc(N4CCC(F)CC4)cc3n2)cc1.COc1ccc(-c2cn3ccc(N4CCN(CCF)CC4)cc3n2)cc1. The molecule has 0 spiro atoms. The molecule has 0 amide bonds. The number of rotatable bonds is 8. The number of fused-ring (bicyclic) bond motifs is 2. The van der Waals surface area contributed by atoms with E-state index in [9.17, 15) is 8.78 Å². The largest absolute Gasteiger partial charge is 0.497 e. The van der Waals surface area contributed by atoms with Crippen molar-refractivity contribution in [3.05, 3.63) is 97.6 Å². The van der Waals surface area contributed by atoms with Gasteiger partial charge in [-0.15, -0.1) is 0 Å². The van der Waals surface area contributed by atoms with E-state index < -0.39 is 6.17 Å². The Balaban J connectivity index is 0.000000157. The maximum absolute atomic E-state index is 13.3. The molecule has 2 aromatic carbocycles. The Labute approximate surface area is 291 Å². The molecule has 260 valence electrons. The first-order valence-corrected chi connectivity index (χ1v) is 17.2. The summed E-state index contributed by atoms with van der Waals surface area (Å²) >= 11 is 0. The van der Waals surface area contributed by atoms with Crippen molar-refractivity contribution < 1.29 is 18.3 Å². The number of hydrogen-bond donors (Lipinski definition) is 0. The van der Waals surface area contributed by atoms with E-state index in [4.69, 9.17) is 19.4 Å². The summed E-state index contributed by atoms with van der Waals surface area (Å²) in [5, 5.41) is 0. The van der Waals surface area contributed by atoms with Gasteiger partial charge in [0.05, 0.1) is 25.6 Å². The Bertz CT molecular complexity index is 2000. The Morgan fingerprint density at radius 1 is 0.640 bits per heavy atom. The minimum Gasteiger partial charge on any atom is -0.497 e. The van der Waals surface area contributed by atoms with Gasteiger partial charge in [0, 0.05) is 105 Å². The second kappa shape index (κ2) is 15.2. The maximum Gasteiger partial charge on any atom is 0.139 e. The summed E-state index contributed by atoms with van der Waals surface area (Å²) in [5.41, 5.74) is 8.11. The van der Waals surface area contributed by atoms with Crippen molar-refractivity contribution in [2.75, 3.05) is 76.5 Å². The summed E-state index contributed by atoms with van der Waals surface area (Å²) in [6, 6.07) is 24.2. The van der Waals surface area contributed by atoms with E-state index >= 15 is 0 Å². The van der Waals surface area contributed by atoms with Gasteiger partial charge in [-0.05, 0) is 73.5 Å². The van der Waals surface area contributed by atoms with Gasteiger partial charge >= 0.3 is 0 Å². The first kappa shape index (κ1) is 33.3. The minimum absolute atomic E-state index is 0.270. The lowest BCUT2D eigenvalue weighted by Crippen LogP contribution is -2.47. The fraction of sp³-hybridized carbons (Fsp3) is 0.333. The van der Waals surface area contributed by atoms with E-state index in [1.807, 2.05) is 75.9 Å². The average molecular weight is 680 g/mol. The van der Waals surface area contributed by atoms with E-state index in [-0.39, 0.29) is 6.67 Å². The van der Waals surface area contributed by atoms with Crippen LogP contribution >= 0.6 is 0 Å². The summed E-state index contributed by atoms with van der Waals surface area (Å²) in [5.74, 6) is 1.67. The van der Waals surface area contributed by atoms with Crippen LogP contribution in [0.1, 0.15) is 12.8 Å². The van der Waals surface area contributed by atoms with Gasteiger partial charge in [-0.25, -0.2) is 18.7 Å². The summed E-state index contributed by atoms with van der Waals surface area (Å²) < 4.78 is 40.3. The van der Waals surface area contributed by atoms with E-state index in [0.717, 1.165) is 90.3 Å². The van der Waals surface area contributed by atoms with Crippen molar-refractivity contribution in [3.63, 3.8) is 0 Å². The first-order chi connectivity index (χ1) is 24.5. The molecule has 2 aliphatic heterocycles. The Morgan fingerprint density at radius 3 is 1.54 bits per heavy atom. The van der Waals surface area contributed by atoms with Gasteiger partial charge < -0.3 is 28.1 Å². The van der Waals surface area contributed by atoms with Crippen LogP contribution in [0.25, 0.3) is 33.8 Å². The zero-order chi connectivity index (χ0) is 34.5. The number of alkyl halides is 2. The maximum atomic E-state index is 13.3. The number of methoxy groups -OCH3 is 2. The van der Waals surface area contributed by atoms with E-state index in [0.29, 0.717) is 19.4 Å². The van der Waals surface area contributed by atoms with Crippen LogP contribution in [0.4, 0.5) is 20.2 Å². The van der Waals surface area contributed by atoms with Gasteiger partial charge in [-0.1, -0.05) is 0 Å². The highest BCUT2D eigenvalue weighted by molar-refractivity contribution is 5.67. The topological polar surface area (TPSA) is 62.8 Å². The number of imidazole rings is 2. The van der Waals surface area contributed by atoms with Crippen molar-refractivity contribution in [3.8, 4) is 34.0 Å². The number of anilines is 2. The molecule has 9 nitrogen and oxygen atoms in total. The third-order valence-electron chi connectivity index (χ3n) is 9.59. The fourth-order valence-electron chi connectivity index (χ4n) is 6.59. The highest BCUT2D eigenvalue weighted by Crippen LogP contribution is 2.27. The van der Waals surface area contributed by atoms with Crippen LogP contribution in [0.3, 0.4) is 0 Å². The van der Waals surface area contributed by atoms with Crippen molar-refractivity contribution in [2.45, 2.75) is 19.0 Å². The third-order valence-corrected chi connectivity index (χ3v) is 9.59. The molecule has 0 atom stereocenters. The molecule has 50 heavy (non-hydrogen) atoms. The Kier molecular flexibility index (Phi) is 10.1. The average Bonchev–Trinajstić information content (AvgIpc) is 3.80. The molecule has 0 aliphatic carbocycles. The van der Waals surface area contributed by atoms with Crippen molar-refractivity contribution in [2.24, 2.45) is 0 Å². The summed E-state index contributed by atoms with van der Waals surface area (Å²) in [6.45, 7) is 5.45. The number of aromatic nitrogens is 4. The minimum atomic E-state index is -0.655. The molecular formula is C39H43F2N7O2. The standard InChI is InChI=1S/C20H23FN4O.C19H20FN3O/c1-26-18-4-2-16(3-5-18)19-15-25-8-6-17(14-20(25)22-19)24-12-10-23(9-7-21)11-13-24;1-24-17-4-2-14(3-5-17)18-13-23-11-8-16(12-19(23)21-18)22-9-6-15(20)7-10-22/h2-6,8,14-15H,7,9-13H2,1H3;2-5,8,11-13,15H,6-7,9-10H2,1H3. The first-order valence-electron chi connectivity index (χ1n) is 17.2. The second-order valence-corrected chi connectivity index (χ2v) is 12.7. The molecule has 8 rings (SSSR count). The van der Waals surface area contributed by atoms with Crippen molar-refractivity contribution >= 4 is 22.7 Å². The predicted octanol–water partition coefficient (Wildman–Crippen LogP) is 7.05. The zero-order valence-electron chi connectivity index (χ0n) is 28.6. The number of ether oxygens (including phenoxy) is 2. The lowest BCUT2D eigenvalue weighted by atomic mass is 10.1. The quantitative estimate of drug-likeness (QED) is 0.171. The molecule has 0 unspecified atom stereocenters. The third kappa shape index (κ3) is 7.52. The lowest BCUT2D eigenvalue weighted by Gasteiger charge is -2.35. The number of pyridine rings is 2. The smallest absolute Gasteiger partial charge is 0.139 e. The number of halogens is 2. The number of benzene rings is 2. The molecule has 2 fully saturated rings. The molecule has 4 aromatic heterocycles. The van der Waals surface area contributed by atoms with Crippen LogP contribution in [-0.4, -0.2) is 96.5 Å². The van der Waals surface area contributed by atoms with Crippen LogP contribution in [0.15, 0.2) is 97.6 Å². The number of piperidine rings is 1. The highest BCUT2D eigenvalue weighted by Gasteiger charge is 2.20. The number of nitrogens with zero attached hydrogens (tertiary/aromatic N) is 7. The van der Waals surface area contributed by atoms with Crippen molar-refractivity contribution in [1.29, 1.82) is 0 Å². The van der Waals surface area contributed by atoms with Gasteiger partial charge in [0.25, 0.3) is 0 Å². The van der Waals surface area contributed by atoms with Crippen molar-refractivity contribution in [1.82, 2.24) is 23.7 Å². The molecular weight excluding hydrogens is 636 g/mol. The highest BCUT2D eigenvalue weighted by atomic mass is 19.1. The molecule has 0 N–H and O–H groups in total. The van der Waals surface area contributed by atoms with Crippen LogP contribution in [-0.2, 0) is 0 Å². The fourth-order valence-corrected chi connectivity index (χ4v) is 6.59. The molecule has 0 radical (unpaired) electrons. The van der Waals surface area contributed by atoms with E-state index in [1.54, 1.807) is 14.2 Å². The van der Waals surface area contributed by atoms with Crippen LogP contribution in [0.2, 0.25) is 0 Å². The predicted molar refractivity (Wildman–Crippen MR) is 195 cm³/mol. The second-order valence-electron chi connectivity index (χ2n) is 12.7. The van der Waals surface area contributed by atoms with Gasteiger partial charge in [0.15, 0.2) is 0 Å². The molecule has 2 aliphatic rings. The van der Waals surface area contributed by atoms with Crippen LogP contribution < -0.4 is 19.3 Å². The van der Waals surface area contributed by atoms with Gasteiger partial charge in [0.2, 0.25) is 0 Å². The molecule has 0 bridgehead atoms. The van der Waals surface area contributed by atoms with Gasteiger partial charge in [0.1, 0.15) is 35.6 Å². The summed E-state index contributed by atoms with van der Waals surface area (Å²) in [7, 11) is 3.33. The number of hydrogen-bond acceptors (Lipinski definition) is 7. The van der Waals surface area contributed by atoms with E-state index in [2.05, 4.69) is 45.2 Å². The molecule has 11 heteroatoms. The van der Waals surface area contributed by atoms with Crippen LogP contribution in [0, 0.1) is 0 Å². The summed E-state index contributed by atoms with van der Waals surface area (Å²) in [6.07, 6.45) is 8.70. The molecule has 6 heterocycles. The summed E-state index contributed by atoms with van der Waals surface area (Å²) in [4.78, 5) is 16.3. The lowest BCUT2D eigenvalue weighted by molar-refractivity contribution is 0.235. The van der Waals surface area contributed by atoms with E-state index in [1.165, 1.54) is 5.69 Å². The van der Waals surface area contributed by atoms with Crippen LogP contribution in [0.5, 0.6) is 11.5 Å².